The highest BCUT2D eigenvalue weighted by atomic mass is 16.4. The van der Waals surface area contributed by atoms with Gasteiger partial charge in [0.15, 0.2) is 5.96 Å². The zero-order valence-electron chi connectivity index (χ0n) is 21.5. The van der Waals surface area contributed by atoms with Crippen molar-refractivity contribution in [1.29, 1.82) is 0 Å². The first-order valence-electron chi connectivity index (χ1n) is 11.9. The first-order chi connectivity index (χ1) is 16.7. The van der Waals surface area contributed by atoms with E-state index in [0.29, 0.717) is 12.8 Å². The van der Waals surface area contributed by atoms with Crippen LogP contribution in [0.4, 0.5) is 0 Å². The van der Waals surface area contributed by atoms with Gasteiger partial charge in [-0.15, -0.1) is 0 Å². The van der Waals surface area contributed by atoms with E-state index in [1.54, 1.807) is 27.7 Å². The SMILES string of the molecule is CCC(C)C(NC(=O)C(CCC(N)=O)NC(=O)C(CCCN=C(N)N)NC(=O)C(N)C(C)C)C(=O)O. The average molecular weight is 515 g/mol. The maximum atomic E-state index is 13.1. The van der Waals surface area contributed by atoms with Gasteiger partial charge in [-0.2, -0.15) is 0 Å². The molecule has 0 aliphatic carbocycles. The van der Waals surface area contributed by atoms with Crippen molar-refractivity contribution in [3.05, 3.63) is 0 Å². The molecule has 206 valence electrons. The van der Waals surface area contributed by atoms with Gasteiger partial charge in [0.1, 0.15) is 18.1 Å². The number of primary amides is 1. The summed E-state index contributed by atoms with van der Waals surface area (Å²) < 4.78 is 0. The number of nitrogens with zero attached hydrogens (tertiary/aromatic N) is 1. The number of carboxylic acids is 1. The molecule has 14 heteroatoms. The van der Waals surface area contributed by atoms with Crippen molar-refractivity contribution >= 4 is 35.6 Å². The van der Waals surface area contributed by atoms with Crippen LogP contribution in [0, 0.1) is 11.8 Å². The quantitative estimate of drug-likeness (QED) is 0.0598. The first-order valence-corrected chi connectivity index (χ1v) is 11.9. The molecular weight excluding hydrogens is 472 g/mol. The van der Waals surface area contributed by atoms with Crippen LogP contribution >= 0.6 is 0 Å². The minimum Gasteiger partial charge on any atom is -0.480 e. The molecule has 0 bridgehead atoms. The van der Waals surface area contributed by atoms with E-state index < -0.39 is 53.8 Å². The van der Waals surface area contributed by atoms with E-state index >= 15 is 0 Å². The van der Waals surface area contributed by atoms with Crippen molar-refractivity contribution in [2.75, 3.05) is 6.54 Å². The van der Waals surface area contributed by atoms with E-state index in [4.69, 9.17) is 22.9 Å². The van der Waals surface area contributed by atoms with Gasteiger partial charge in [-0.3, -0.25) is 24.2 Å². The topological polar surface area (TPSA) is 258 Å². The van der Waals surface area contributed by atoms with Crippen LogP contribution in [-0.2, 0) is 24.0 Å². The van der Waals surface area contributed by atoms with E-state index in [1.165, 1.54) is 0 Å². The number of carboxylic acid groups (broad SMARTS) is 1. The number of nitrogens with one attached hydrogen (secondary N) is 3. The van der Waals surface area contributed by atoms with E-state index in [2.05, 4.69) is 20.9 Å². The smallest absolute Gasteiger partial charge is 0.326 e. The summed E-state index contributed by atoms with van der Waals surface area (Å²) in [5.41, 5.74) is 21.7. The lowest BCUT2D eigenvalue weighted by atomic mass is 9.98. The van der Waals surface area contributed by atoms with Crippen molar-refractivity contribution in [3.63, 3.8) is 0 Å². The molecule has 0 saturated heterocycles. The number of guanidine groups is 1. The van der Waals surface area contributed by atoms with E-state index in [1.807, 2.05) is 0 Å². The van der Waals surface area contributed by atoms with Crippen LogP contribution in [-0.4, -0.2) is 71.4 Å². The fourth-order valence-corrected chi connectivity index (χ4v) is 3.11. The number of aliphatic carboxylic acids is 1. The minimum absolute atomic E-state index is 0.119. The Morgan fingerprint density at radius 3 is 1.86 bits per heavy atom. The van der Waals surface area contributed by atoms with Crippen LogP contribution in [0.25, 0.3) is 0 Å². The number of carbonyl (C=O) groups excluding carboxylic acids is 4. The number of hydrogen-bond acceptors (Lipinski definition) is 7. The van der Waals surface area contributed by atoms with Gasteiger partial charge in [-0.1, -0.05) is 34.1 Å². The van der Waals surface area contributed by atoms with Crippen molar-refractivity contribution < 1.29 is 29.1 Å². The van der Waals surface area contributed by atoms with Gasteiger partial charge in [0, 0.05) is 13.0 Å². The summed E-state index contributed by atoms with van der Waals surface area (Å²) in [5, 5.41) is 17.0. The normalized spacial score (nSPS) is 15.1. The largest absolute Gasteiger partial charge is 0.480 e. The van der Waals surface area contributed by atoms with Crippen LogP contribution in [0.2, 0.25) is 0 Å². The van der Waals surface area contributed by atoms with E-state index in [0.717, 1.165) is 0 Å². The standard InChI is InChI=1S/C22H42N8O6/c1-5-12(4)17(21(35)36)30-19(33)14(8-9-15(23)31)28-18(32)13(7-6-10-27-22(25)26)29-20(34)16(24)11(2)3/h11-14,16-17H,5-10,24H2,1-4H3,(H2,23,31)(H,28,32)(H,29,34)(H,30,33)(H,35,36)(H4,25,26,27). The maximum Gasteiger partial charge on any atom is 0.326 e. The molecule has 0 rings (SSSR count). The predicted octanol–water partition coefficient (Wildman–Crippen LogP) is -2.13. The Bertz CT molecular complexity index is 799. The second-order valence-electron chi connectivity index (χ2n) is 9.06. The van der Waals surface area contributed by atoms with Crippen LogP contribution in [0.3, 0.4) is 0 Å². The van der Waals surface area contributed by atoms with Crippen LogP contribution < -0.4 is 38.9 Å². The molecule has 36 heavy (non-hydrogen) atoms. The fraction of sp³-hybridized carbons (Fsp3) is 0.727. The molecule has 0 radical (unpaired) electrons. The van der Waals surface area contributed by atoms with Gasteiger partial charge >= 0.3 is 5.97 Å². The molecule has 5 unspecified atom stereocenters. The number of amides is 4. The van der Waals surface area contributed by atoms with Crippen LogP contribution in [0.1, 0.15) is 59.8 Å². The van der Waals surface area contributed by atoms with Crippen LogP contribution in [0.15, 0.2) is 4.99 Å². The zero-order valence-corrected chi connectivity index (χ0v) is 21.5. The van der Waals surface area contributed by atoms with Gasteiger partial charge in [0.05, 0.1) is 6.04 Å². The molecule has 0 heterocycles. The average Bonchev–Trinajstić information content (AvgIpc) is 2.79. The number of nitrogens with two attached hydrogens (primary N) is 4. The molecule has 0 aromatic heterocycles. The molecule has 5 atom stereocenters. The Kier molecular flexibility index (Phi) is 14.7. The monoisotopic (exact) mass is 514 g/mol. The molecule has 0 spiro atoms. The van der Waals surface area contributed by atoms with E-state index in [-0.39, 0.29) is 43.6 Å². The Morgan fingerprint density at radius 2 is 1.39 bits per heavy atom. The van der Waals surface area contributed by atoms with Gasteiger partial charge in [0.25, 0.3) is 0 Å². The summed E-state index contributed by atoms with van der Waals surface area (Å²) in [6.07, 6.45) is 0.517. The Morgan fingerprint density at radius 1 is 0.861 bits per heavy atom. The summed E-state index contributed by atoms with van der Waals surface area (Å²) in [4.78, 5) is 65.3. The Balaban J connectivity index is 5.72. The third kappa shape index (κ3) is 12.3. The molecule has 0 aliphatic rings. The van der Waals surface area contributed by atoms with Gasteiger partial charge in [-0.25, -0.2) is 4.79 Å². The third-order valence-electron chi connectivity index (χ3n) is 5.69. The lowest BCUT2D eigenvalue weighted by Crippen LogP contribution is -2.58. The van der Waals surface area contributed by atoms with Gasteiger partial charge in [-0.05, 0) is 31.1 Å². The Hall–Kier alpha value is -3.42. The van der Waals surface area contributed by atoms with E-state index in [9.17, 15) is 29.1 Å². The van der Waals surface area contributed by atoms with Crippen LogP contribution in [0.5, 0.6) is 0 Å². The highest BCUT2D eigenvalue weighted by molar-refractivity contribution is 5.94. The highest BCUT2D eigenvalue weighted by Crippen LogP contribution is 2.10. The second-order valence-corrected chi connectivity index (χ2v) is 9.06. The number of rotatable bonds is 17. The van der Waals surface area contributed by atoms with Gasteiger partial charge < -0.3 is 44.0 Å². The number of aliphatic imine (C=N–C) groups is 1. The summed E-state index contributed by atoms with van der Waals surface area (Å²) >= 11 is 0. The molecule has 12 N–H and O–H groups in total. The Labute approximate surface area is 211 Å². The van der Waals surface area contributed by atoms with Crippen molar-refractivity contribution in [3.8, 4) is 0 Å². The second kappa shape index (κ2) is 16.3. The molecule has 0 aliphatic heterocycles. The van der Waals surface area contributed by atoms with Crippen molar-refractivity contribution in [2.24, 2.45) is 39.8 Å². The lowest BCUT2D eigenvalue weighted by Gasteiger charge is -2.26. The molecule has 0 fully saturated rings. The maximum absolute atomic E-state index is 13.1. The third-order valence-corrected chi connectivity index (χ3v) is 5.69. The van der Waals surface area contributed by atoms with Crippen molar-refractivity contribution in [2.45, 2.75) is 84.0 Å². The zero-order chi connectivity index (χ0) is 28.0. The molecule has 0 saturated carbocycles. The lowest BCUT2D eigenvalue weighted by molar-refractivity contribution is -0.144. The minimum atomic E-state index is -1.27. The fourth-order valence-electron chi connectivity index (χ4n) is 3.11. The molecule has 0 aromatic carbocycles. The highest BCUT2D eigenvalue weighted by Gasteiger charge is 2.32. The molecule has 14 nitrogen and oxygen atoms in total. The first kappa shape index (κ1) is 32.6. The summed E-state index contributed by atoms with van der Waals surface area (Å²) in [5.74, 6) is -4.72. The molecule has 4 amide bonds. The molecular formula is C22H42N8O6. The summed E-state index contributed by atoms with van der Waals surface area (Å²) in [6, 6.07) is -4.44. The predicted molar refractivity (Wildman–Crippen MR) is 134 cm³/mol. The van der Waals surface area contributed by atoms with Gasteiger partial charge in [0.2, 0.25) is 23.6 Å². The van der Waals surface area contributed by atoms with Crippen molar-refractivity contribution in [1.82, 2.24) is 16.0 Å². The summed E-state index contributed by atoms with van der Waals surface area (Å²) in [7, 11) is 0. The molecule has 0 aromatic rings. The number of carbonyl (C=O) groups is 5. The number of hydrogen-bond donors (Lipinski definition) is 8. The summed E-state index contributed by atoms with van der Waals surface area (Å²) in [6.45, 7) is 7.13.